The first-order chi connectivity index (χ1) is 15.1. The average Bonchev–Trinajstić information content (AvgIpc) is 3.18. The number of nitrogens with one attached hydrogen (secondary N) is 1. The van der Waals surface area contributed by atoms with Gasteiger partial charge in [-0.15, -0.1) is 10.2 Å². The van der Waals surface area contributed by atoms with Gasteiger partial charge >= 0.3 is 0 Å². The summed E-state index contributed by atoms with van der Waals surface area (Å²) >= 11 is 0. The van der Waals surface area contributed by atoms with Crippen molar-refractivity contribution < 1.29 is 17.6 Å². The zero-order valence-corrected chi connectivity index (χ0v) is 17.4. The first kappa shape index (κ1) is 20.9. The van der Waals surface area contributed by atoms with E-state index in [-0.39, 0.29) is 23.5 Å². The van der Waals surface area contributed by atoms with E-state index < -0.39 is 10.6 Å². The summed E-state index contributed by atoms with van der Waals surface area (Å²) in [5.74, 6) is -0.695. The number of carbonyl (C=O) groups excluding carboxylic acids is 1. The number of nitrogens with zero attached hydrogens (tertiary/aromatic N) is 3. The van der Waals surface area contributed by atoms with Gasteiger partial charge < -0.3 is 0 Å². The molecule has 2 heterocycles. The van der Waals surface area contributed by atoms with Crippen molar-refractivity contribution in [3.8, 4) is 0 Å². The van der Waals surface area contributed by atoms with Crippen LogP contribution in [0.25, 0.3) is 0 Å². The first-order valence-corrected chi connectivity index (χ1v) is 10.8. The summed E-state index contributed by atoms with van der Waals surface area (Å²) in [5, 5.41) is 11.9. The van der Waals surface area contributed by atoms with Gasteiger partial charge in [-0.1, -0.05) is 40.9 Å². The predicted molar refractivity (Wildman–Crippen MR) is 118 cm³/mol. The summed E-state index contributed by atoms with van der Waals surface area (Å²) < 4.78 is 25.3. The molecule has 1 unspecified atom stereocenters. The van der Waals surface area contributed by atoms with Crippen molar-refractivity contribution in [1.29, 1.82) is 0 Å². The number of hydrogen-bond acceptors (Lipinski definition) is 6. The smallest absolute Gasteiger partial charge is 0.257 e. The van der Waals surface area contributed by atoms with Crippen LogP contribution in [0, 0.1) is 5.82 Å². The molecular weight excluding hydrogens is 419 g/mol. The molecule has 0 spiro atoms. The molecule has 0 aliphatic carbocycles. The molecule has 7 nitrogen and oxygen atoms in total. The number of amides is 1. The number of pyridine rings is 1. The van der Waals surface area contributed by atoms with E-state index in [4.69, 9.17) is 8.37 Å². The van der Waals surface area contributed by atoms with E-state index in [0.29, 0.717) is 16.2 Å². The van der Waals surface area contributed by atoms with Crippen LogP contribution in [0.2, 0.25) is 0 Å². The van der Waals surface area contributed by atoms with Crippen molar-refractivity contribution in [2.75, 3.05) is 7.11 Å². The number of hydrogen-bond donors (Lipinski definition) is 1. The Morgan fingerprint density at radius 1 is 1.00 bits per heavy atom. The maximum absolute atomic E-state index is 13.3. The van der Waals surface area contributed by atoms with Gasteiger partial charge in [-0.3, -0.25) is 23.5 Å². The van der Waals surface area contributed by atoms with E-state index in [1.807, 2.05) is 6.07 Å². The van der Waals surface area contributed by atoms with Crippen molar-refractivity contribution in [1.82, 2.24) is 10.3 Å². The van der Waals surface area contributed by atoms with Crippen LogP contribution in [0.5, 0.6) is 0 Å². The number of carbonyl (C=O) groups is 1. The molecule has 3 aromatic rings. The third kappa shape index (κ3) is 4.38. The van der Waals surface area contributed by atoms with Gasteiger partial charge in [0.15, 0.2) is 5.04 Å². The molecule has 0 fully saturated rings. The van der Waals surface area contributed by atoms with Crippen molar-refractivity contribution in [2.24, 2.45) is 10.2 Å². The molecule has 1 aliphatic rings. The SMILES string of the molecule is COS1(OCc2ccc(F)cc2)C(NC(=O)c2ccccc2)=NN=C1c1ccncc1. The number of benzene rings is 2. The molecule has 158 valence electrons. The van der Waals surface area contributed by atoms with Gasteiger partial charge in [-0.25, -0.2) is 4.39 Å². The van der Waals surface area contributed by atoms with E-state index in [1.54, 1.807) is 60.9 Å². The molecule has 1 atom stereocenters. The Morgan fingerprint density at radius 2 is 1.71 bits per heavy atom. The van der Waals surface area contributed by atoms with Gasteiger partial charge in [0.2, 0.25) is 5.17 Å². The lowest BCUT2D eigenvalue weighted by Gasteiger charge is -2.38. The van der Waals surface area contributed by atoms with Gasteiger partial charge in [0.1, 0.15) is 5.82 Å². The monoisotopic (exact) mass is 438 g/mol. The summed E-state index contributed by atoms with van der Waals surface area (Å²) in [6, 6.07) is 18.2. The summed E-state index contributed by atoms with van der Waals surface area (Å²) in [7, 11) is -1.22. The van der Waals surface area contributed by atoms with E-state index in [2.05, 4.69) is 20.5 Å². The van der Waals surface area contributed by atoms with Crippen molar-refractivity contribution in [3.63, 3.8) is 0 Å². The lowest BCUT2D eigenvalue weighted by molar-refractivity contribution is 0.0977. The summed E-state index contributed by atoms with van der Waals surface area (Å²) in [6.07, 6.45) is 3.25. The number of halogens is 1. The van der Waals surface area contributed by atoms with Gasteiger partial charge in [0.25, 0.3) is 5.91 Å². The number of aromatic nitrogens is 1. The van der Waals surface area contributed by atoms with E-state index >= 15 is 0 Å². The van der Waals surface area contributed by atoms with Crippen LogP contribution in [-0.4, -0.2) is 28.2 Å². The second-order valence-corrected chi connectivity index (χ2v) is 8.77. The quantitative estimate of drug-likeness (QED) is 0.626. The molecule has 0 radical (unpaired) electrons. The normalized spacial score (nSPS) is 19.8. The van der Waals surface area contributed by atoms with Gasteiger partial charge in [0, 0.05) is 23.5 Å². The van der Waals surface area contributed by atoms with Gasteiger partial charge in [-0.05, 0) is 42.0 Å². The standard InChI is InChI=1S/C22H19FN4O3S/c1-29-31(30-15-16-7-9-19(23)10-8-16)21(18-11-13-24-14-12-18)26-27-22(31)25-20(28)17-5-3-2-4-6-17/h2-14H,15H2,1H3,(H,25,27,28). The average molecular weight is 438 g/mol. The minimum absolute atomic E-state index is 0.105. The van der Waals surface area contributed by atoms with Gasteiger partial charge in [-0.2, -0.15) is 0 Å². The van der Waals surface area contributed by atoms with Gasteiger partial charge in [0.05, 0.1) is 13.7 Å². The molecule has 0 bridgehead atoms. The Balaban J connectivity index is 1.65. The topological polar surface area (TPSA) is 85.2 Å². The third-order valence-electron chi connectivity index (χ3n) is 4.46. The predicted octanol–water partition coefficient (Wildman–Crippen LogP) is 4.18. The highest BCUT2D eigenvalue weighted by molar-refractivity contribution is 8.49. The van der Waals surface area contributed by atoms with Crippen molar-refractivity contribution in [2.45, 2.75) is 6.61 Å². The Kier molecular flexibility index (Phi) is 6.17. The second-order valence-electron chi connectivity index (χ2n) is 6.43. The Labute approximate surface area is 180 Å². The lowest BCUT2D eigenvalue weighted by Crippen LogP contribution is -2.36. The van der Waals surface area contributed by atoms with E-state index in [0.717, 1.165) is 5.56 Å². The largest absolute Gasteiger partial charge is 0.291 e. The van der Waals surface area contributed by atoms with Crippen LogP contribution < -0.4 is 5.32 Å². The summed E-state index contributed by atoms with van der Waals surface area (Å²) in [5.41, 5.74) is 1.91. The second kappa shape index (κ2) is 9.17. The molecule has 0 saturated carbocycles. The van der Waals surface area contributed by atoms with Crippen LogP contribution in [0.4, 0.5) is 4.39 Å². The number of rotatable bonds is 6. The molecule has 1 aliphatic heterocycles. The molecule has 0 saturated heterocycles. The molecule has 2 aromatic carbocycles. The number of amidine groups is 1. The molecule has 9 heteroatoms. The molecule has 1 N–H and O–H groups in total. The highest BCUT2D eigenvalue weighted by Gasteiger charge is 2.40. The fraction of sp³-hybridized carbons (Fsp3) is 0.0909. The first-order valence-electron chi connectivity index (χ1n) is 9.32. The molecule has 31 heavy (non-hydrogen) atoms. The maximum Gasteiger partial charge on any atom is 0.257 e. The lowest BCUT2D eigenvalue weighted by atomic mass is 10.2. The highest BCUT2D eigenvalue weighted by Crippen LogP contribution is 2.57. The minimum atomic E-state index is -2.70. The molecule has 1 aromatic heterocycles. The zero-order valence-electron chi connectivity index (χ0n) is 16.6. The fourth-order valence-corrected chi connectivity index (χ4v) is 4.99. The van der Waals surface area contributed by atoms with Crippen molar-refractivity contribution >= 4 is 26.7 Å². The third-order valence-corrected chi connectivity index (χ3v) is 6.90. The maximum atomic E-state index is 13.3. The van der Waals surface area contributed by atoms with E-state index in [9.17, 15) is 9.18 Å². The fourth-order valence-electron chi connectivity index (χ4n) is 2.90. The minimum Gasteiger partial charge on any atom is -0.291 e. The zero-order chi connectivity index (χ0) is 21.7. The van der Waals surface area contributed by atoms with Crippen LogP contribution >= 0.6 is 10.6 Å². The van der Waals surface area contributed by atoms with Crippen LogP contribution in [0.3, 0.4) is 0 Å². The van der Waals surface area contributed by atoms with E-state index in [1.165, 1.54) is 19.2 Å². The Hall–Kier alpha value is -3.40. The highest BCUT2D eigenvalue weighted by atomic mass is 32.3. The van der Waals surface area contributed by atoms with Crippen LogP contribution in [0.1, 0.15) is 21.5 Å². The molecular formula is C22H19FN4O3S. The summed E-state index contributed by atoms with van der Waals surface area (Å²) in [6.45, 7) is 0.105. The summed E-state index contributed by atoms with van der Waals surface area (Å²) in [4.78, 5) is 16.8. The van der Waals surface area contributed by atoms with Crippen molar-refractivity contribution in [3.05, 3.63) is 102 Å². The molecule has 4 rings (SSSR count). The Morgan fingerprint density at radius 3 is 2.39 bits per heavy atom. The van der Waals surface area contributed by atoms with Crippen LogP contribution in [0.15, 0.2) is 89.3 Å². The van der Waals surface area contributed by atoms with Crippen LogP contribution in [-0.2, 0) is 15.0 Å². The molecule has 1 amide bonds. The Bertz CT molecular complexity index is 1120.